The van der Waals surface area contributed by atoms with Crippen molar-refractivity contribution in [3.05, 3.63) is 11.0 Å². The van der Waals surface area contributed by atoms with E-state index in [9.17, 15) is 8.42 Å². The molecule has 1 heterocycles. The first-order valence-electron chi connectivity index (χ1n) is 2.64. The van der Waals surface area contributed by atoms with Crippen LogP contribution in [0.15, 0.2) is 11.0 Å². The third kappa shape index (κ3) is 1.14. The Labute approximate surface area is 54.5 Å². The molecule has 1 unspecified atom stereocenters. The summed E-state index contributed by atoms with van der Waals surface area (Å²) in [5.74, 6) is 0. The Hall–Kier alpha value is -0.350. The second kappa shape index (κ2) is 1.82. The van der Waals surface area contributed by atoms with Gasteiger partial charge in [-0.2, -0.15) is 8.42 Å². The van der Waals surface area contributed by atoms with E-state index in [0.717, 1.165) is 0 Å². The number of hydrogen-bond donors (Lipinski definition) is 0. The highest BCUT2D eigenvalue weighted by Gasteiger charge is 2.24. The molecule has 0 amide bonds. The SMILES string of the molecule is CC1=CC(C)OS1(=O)=O. The van der Waals surface area contributed by atoms with Crippen LogP contribution < -0.4 is 0 Å². The molecule has 3 nitrogen and oxygen atoms in total. The van der Waals surface area contributed by atoms with Gasteiger partial charge >= 0.3 is 0 Å². The summed E-state index contributed by atoms with van der Waals surface area (Å²) in [7, 11) is -3.31. The van der Waals surface area contributed by atoms with E-state index in [0.29, 0.717) is 4.91 Å². The van der Waals surface area contributed by atoms with Crippen molar-refractivity contribution in [1.29, 1.82) is 0 Å². The van der Waals surface area contributed by atoms with Gasteiger partial charge in [0.2, 0.25) is 0 Å². The molecule has 9 heavy (non-hydrogen) atoms. The molecule has 0 aromatic rings. The quantitative estimate of drug-likeness (QED) is 0.473. The van der Waals surface area contributed by atoms with Crippen LogP contribution in [-0.4, -0.2) is 14.5 Å². The monoisotopic (exact) mass is 148 g/mol. The Kier molecular flexibility index (Phi) is 1.36. The summed E-state index contributed by atoms with van der Waals surface area (Å²) in [6, 6.07) is 0. The summed E-state index contributed by atoms with van der Waals surface area (Å²) in [5.41, 5.74) is 0. The third-order valence-corrected chi connectivity index (χ3v) is 2.62. The van der Waals surface area contributed by atoms with E-state index >= 15 is 0 Å². The molecule has 0 saturated heterocycles. The largest absolute Gasteiger partial charge is 0.293 e. The molecular formula is C5H8O3S. The van der Waals surface area contributed by atoms with Crippen molar-refractivity contribution >= 4 is 10.1 Å². The molecule has 0 radical (unpaired) electrons. The predicted molar refractivity (Wildman–Crippen MR) is 33.2 cm³/mol. The lowest BCUT2D eigenvalue weighted by Gasteiger charge is -1.95. The fraction of sp³-hybridized carbons (Fsp3) is 0.600. The first-order valence-corrected chi connectivity index (χ1v) is 4.05. The van der Waals surface area contributed by atoms with Crippen molar-refractivity contribution in [2.45, 2.75) is 20.0 Å². The minimum absolute atomic E-state index is 0.282. The summed E-state index contributed by atoms with van der Waals surface area (Å²) in [6.45, 7) is 3.22. The molecule has 1 aliphatic rings. The fourth-order valence-electron chi connectivity index (χ4n) is 0.717. The molecule has 1 aliphatic heterocycles. The van der Waals surface area contributed by atoms with E-state index in [4.69, 9.17) is 0 Å². The average Bonchev–Trinajstić information content (AvgIpc) is 1.79. The van der Waals surface area contributed by atoms with E-state index in [1.54, 1.807) is 13.0 Å². The summed E-state index contributed by atoms with van der Waals surface area (Å²) < 4.78 is 25.9. The molecule has 4 heteroatoms. The summed E-state index contributed by atoms with van der Waals surface area (Å²) in [6.07, 6.45) is 1.30. The van der Waals surface area contributed by atoms with Gasteiger partial charge < -0.3 is 0 Å². The highest BCUT2D eigenvalue weighted by Crippen LogP contribution is 2.19. The molecule has 0 fully saturated rings. The van der Waals surface area contributed by atoms with Gasteiger partial charge in [-0.3, -0.25) is 4.18 Å². The maximum atomic E-state index is 10.7. The van der Waals surface area contributed by atoms with E-state index in [1.165, 1.54) is 6.92 Å². The molecule has 1 rings (SSSR count). The average molecular weight is 148 g/mol. The molecule has 0 saturated carbocycles. The highest BCUT2D eigenvalue weighted by molar-refractivity contribution is 7.90. The van der Waals surface area contributed by atoms with Crippen LogP contribution in [0.1, 0.15) is 13.8 Å². The Morgan fingerprint density at radius 1 is 1.67 bits per heavy atom. The fourth-order valence-corrected chi connectivity index (χ4v) is 1.68. The summed E-state index contributed by atoms with van der Waals surface area (Å²) in [5, 5.41) is 0. The van der Waals surface area contributed by atoms with Crippen LogP contribution in [0, 0.1) is 0 Å². The summed E-state index contributed by atoms with van der Waals surface area (Å²) in [4.78, 5) is 0.315. The van der Waals surface area contributed by atoms with Gasteiger partial charge in [0.1, 0.15) is 0 Å². The van der Waals surface area contributed by atoms with Crippen molar-refractivity contribution in [1.82, 2.24) is 0 Å². The zero-order valence-corrected chi connectivity index (χ0v) is 6.10. The summed E-state index contributed by atoms with van der Waals surface area (Å²) >= 11 is 0. The first-order chi connectivity index (χ1) is 4.02. The van der Waals surface area contributed by atoms with E-state index in [1.807, 2.05) is 0 Å². The van der Waals surface area contributed by atoms with Gasteiger partial charge in [-0.05, 0) is 19.9 Å². The minimum Gasteiger partial charge on any atom is -0.259 e. The number of allylic oxidation sites excluding steroid dienone is 1. The standard InChI is InChI=1S/C5H8O3S/c1-4-3-5(2)9(6,7)8-4/h3-4H,1-2H3. The van der Waals surface area contributed by atoms with Gasteiger partial charge in [0, 0.05) is 0 Å². The lowest BCUT2D eigenvalue weighted by atomic mass is 10.4. The van der Waals surface area contributed by atoms with Gasteiger partial charge in [-0.1, -0.05) is 0 Å². The van der Waals surface area contributed by atoms with E-state index in [2.05, 4.69) is 4.18 Å². The highest BCUT2D eigenvalue weighted by atomic mass is 32.2. The molecule has 0 bridgehead atoms. The van der Waals surface area contributed by atoms with Crippen LogP contribution in [0.3, 0.4) is 0 Å². The maximum Gasteiger partial charge on any atom is 0.293 e. The molecule has 52 valence electrons. The van der Waals surface area contributed by atoms with Crippen molar-refractivity contribution in [3.8, 4) is 0 Å². The van der Waals surface area contributed by atoms with Crippen LogP contribution in [0.25, 0.3) is 0 Å². The van der Waals surface area contributed by atoms with Crippen LogP contribution >= 0.6 is 0 Å². The zero-order chi connectivity index (χ0) is 7.07. The van der Waals surface area contributed by atoms with Crippen molar-refractivity contribution in [2.24, 2.45) is 0 Å². The molecule has 0 aliphatic carbocycles. The van der Waals surface area contributed by atoms with Crippen molar-refractivity contribution in [2.75, 3.05) is 0 Å². The smallest absolute Gasteiger partial charge is 0.259 e. The molecular weight excluding hydrogens is 140 g/mol. The Bertz CT molecular complexity index is 237. The van der Waals surface area contributed by atoms with Gasteiger partial charge in [0.15, 0.2) is 0 Å². The van der Waals surface area contributed by atoms with Gasteiger partial charge in [0.05, 0.1) is 11.0 Å². The minimum atomic E-state index is -3.31. The lowest BCUT2D eigenvalue weighted by Crippen LogP contribution is -2.03. The third-order valence-electron chi connectivity index (χ3n) is 1.14. The number of hydrogen-bond acceptors (Lipinski definition) is 3. The lowest BCUT2D eigenvalue weighted by molar-refractivity contribution is 0.290. The number of rotatable bonds is 0. The first kappa shape index (κ1) is 6.77. The van der Waals surface area contributed by atoms with Crippen molar-refractivity contribution < 1.29 is 12.6 Å². The molecule has 0 N–H and O–H groups in total. The molecule has 0 aromatic carbocycles. The second-order valence-electron chi connectivity index (χ2n) is 2.03. The topological polar surface area (TPSA) is 43.4 Å². The van der Waals surface area contributed by atoms with Gasteiger partial charge in [-0.25, -0.2) is 0 Å². The van der Waals surface area contributed by atoms with E-state index in [-0.39, 0.29) is 6.10 Å². The van der Waals surface area contributed by atoms with E-state index < -0.39 is 10.1 Å². The normalized spacial score (nSPS) is 32.2. The van der Waals surface area contributed by atoms with Crippen LogP contribution in [0.2, 0.25) is 0 Å². The second-order valence-corrected chi connectivity index (χ2v) is 3.78. The Balaban J connectivity index is 3.04. The Morgan fingerprint density at radius 2 is 2.22 bits per heavy atom. The van der Waals surface area contributed by atoms with Crippen LogP contribution in [0.4, 0.5) is 0 Å². The van der Waals surface area contributed by atoms with Gasteiger partial charge in [-0.15, -0.1) is 0 Å². The van der Waals surface area contributed by atoms with Gasteiger partial charge in [0.25, 0.3) is 10.1 Å². The molecule has 0 spiro atoms. The molecule has 1 atom stereocenters. The van der Waals surface area contributed by atoms with Crippen molar-refractivity contribution in [3.63, 3.8) is 0 Å². The zero-order valence-electron chi connectivity index (χ0n) is 5.29. The molecule has 0 aromatic heterocycles. The Morgan fingerprint density at radius 3 is 2.33 bits per heavy atom. The van der Waals surface area contributed by atoms with Crippen LogP contribution in [-0.2, 0) is 14.3 Å². The van der Waals surface area contributed by atoms with Crippen LogP contribution in [0.5, 0.6) is 0 Å². The maximum absolute atomic E-state index is 10.7. The predicted octanol–water partition coefficient (Wildman–Crippen LogP) is 0.639.